The van der Waals surface area contributed by atoms with Gasteiger partial charge in [-0.2, -0.15) is 0 Å². The minimum Gasteiger partial charge on any atom is -0.436 e. The second-order valence-electron chi connectivity index (χ2n) is 7.03. The first kappa shape index (κ1) is 19.5. The molecule has 1 amide bonds. The summed E-state index contributed by atoms with van der Waals surface area (Å²) in [7, 11) is 0. The quantitative estimate of drug-likeness (QED) is 0.385. The summed E-state index contributed by atoms with van der Waals surface area (Å²) in [6, 6.07) is 14.7. The fourth-order valence-corrected chi connectivity index (χ4v) is 3.64. The van der Waals surface area contributed by atoms with Gasteiger partial charge in [0.25, 0.3) is 5.91 Å². The van der Waals surface area contributed by atoms with E-state index in [4.69, 9.17) is 27.6 Å². The summed E-state index contributed by atoms with van der Waals surface area (Å²) in [6.45, 7) is 5.94. The van der Waals surface area contributed by atoms with E-state index in [0.717, 1.165) is 33.4 Å². The maximum atomic E-state index is 12.7. The molecule has 0 saturated heterocycles. The molecule has 4 aromatic rings. The molecule has 0 aliphatic carbocycles. The van der Waals surface area contributed by atoms with Crippen molar-refractivity contribution in [1.82, 2.24) is 4.98 Å². The van der Waals surface area contributed by atoms with Crippen LogP contribution < -0.4 is 5.32 Å². The minimum absolute atomic E-state index is 0.227. The van der Waals surface area contributed by atoms with Crippen molar-refractivity contribution in [3.8, 4) is 11.5 Å². The predicted octanol–water partition coefficient (Wildman–Crippen LogP) is 6.98. The molecular weight excluding hydrogens is 407 g/mol. The van der Waals surface area contributed by atoms with Crippen molar-refractivity contribution >= 4 is 45.9 Å². The molecule has 0 aliphatic rings. The van der Waals surface area contributed by atoms with Gasteiger partial charge in [-0.3, -0.25) is 4.79 Å². The largest absolute Gasteiger partial charge is 0.436 e. The Morgan fingerprint density at radius 3 is 2.59 bits per heavy atom. The fraction of sp³-hybridized carbons (Fsp3) is 0.130. The third-order valence-electron chi connectivity index (χ3n) is 4.75. The van der Waals surface area contributed by atoms with Crippen LogP contribution in [0.1, 0.15) is 27.0 Å². The summed E-state index contributed by atoms with van der Waals surface area (Å²) in [4.78, 5) is 17.3. The molecule has 0 bridgehead atoms. The first-order chi connectivity index (χ1) is 13.8. The highest BCUT2D eigenvalue weighted by atomic mass is 35.5. The van der Waals surface area contributed by atoms with E-state index in [1.807, 2.05) is 45.0 Å². The van der Waals surface area contributed by atoms with Crippen molar-refractivity contribution in [2.24, 2.45) is 0 Å². The number of oxazole rings is 1. The van der Waals surface area contributed by atoms with Gasteiger partial charge in [-0.1, -0.05) is 41.4 Å². The first-order valence-corrected chi connectivity index (χ1v) is 9.83. The number of halogens is 2. The number of amides is 1. The molecule has 4 nitrogen and oxygen atoms in total. The molecule has 0 atom stereocenters. The van der Waals surface area contributed by atoms with Crippen molar-refractivity contribution in [3.63, 3.8) is 0 Å². The molecule has 0 aliphatic heterocycles. The van der Waals surface area contributed by atoms with Crippen LogP contribution in [-0.2, 0) is 0 Å². The van der Waals surface area contributed by atoms with Crippen LogP contribution in [0.5, 0.6) is 0 Å². The molecule has 0 fully saturated rings. The SMILES string of the molecule is Cc1cc(C)c2oc(-c3ccc(C)c(NC(=O)c4cccc(Cl)c4Cl)c3)nc2c1. The van der Waals surface area contributed by atoms with Gasteiger partial charge in [-0.05, 0) is 67.8 Å². The lowest BCUT2D eigenvalue weighted by molar-refractivity contribution is 0.102. The normalized spacial score (nSPS) is 11.1. The fourth-order valence-electron chi connectivity index (χ4n) is 3.26. The third kappa shape index (κ3) is 3.74. The zero-order valence-corrected chi connectivity index (χ0v) is 17.7. The van der Waals surface area contributed by atoms with Crippen LogP contribution in [0, 0.1) is 20.8 Å². The number of carbonyl (C=O) groups excluding carboxylic acids is 1. The standard InChI is InChI=1S/C23H18Cl2N2O2/c1-12-9-14(3)21-19(10-12)27-23(29-21)15-8-7-13(2)18(11-15)26-22(28)16-5-4-6-17(24)20(16)25/h4-11H,1-3H3,(H,26,28). The molecule has 6 heteroatoms. The summed E-state index contributed by atoms with van der Waals surface area (Å²) in [5, 5.41) is 3.47. The topological polar surface area (TPSA) is 55.1 Å². The number of nitrogens with zero attached hydrogens (tertiary/aromatic N) is 1. The number of hydrogen-bond donors (Lipinski definition) is 1. The Balaban J connectivity index is 1.70. The Bertz CT molecular complexity index is 1260. The number of hydrogen-bond acceptors (Lipinski definition) is 3. The molecule has 1 heterocycles. The molecular formula is C23H18Cl2N2O2. The van der Waals surface area contributed by atoms with Gasteiger partial charge in [0.1, 0.15) is 5.52 Å². The summed E-state index contributed by atoms with van der Waals surface area (Å²) in [5.41, 5.74) is 6.40. The van der Waals surface area contributed by atoms with Crippen LogP contribution in [0.15, 0.2) is 52.9 Å². The molecule has 0 spiro atoms. The summed E-state index contributed by atoms with van der Waals surface area (Å²) >= 11 is 12.2. The second-order valence-corrected chi connectivity index (χ2v) is 7.82. The monoisotopic (exact) mass is 424 g/mol. The molecule has 3 aromatic carbocycles. The molecule has 0 unspecified atom stereocenters. The predicted molar refractivity (Wildman–Crippen MR) is 118 cm³/mol. The van der Waals surface area contributed by atoms with Crippen LogP contribution in [0.25, 0.3) is 22.6 Å². The number of carbonyl (C=O) groups is 1. The summed E-state index contributed by atoms with van der Waals surface area (Å²) < 4.78 is 6.00. The lowest BCUT2D eigenvalue weighted by Gasteiger charge is -2.11. The van der Waals surface area contributed by atoms with Crippen molar-refractivity contribution in [1.29, 1.82) is 0 Å². The Hall–Kier alpha value is -2.82. The van der Waals surface area contributed by atoms with E-state index in [-0.39, 0.29) is 10.9 Å². The van der Waals surface area contributed by atoms with Crippen molar-refractivity contribution < 1.29 is 9.21 Å². The molecule has 0 radical (unpaired) electrons. The number of aromatic nitrogens is 1. The van der Waals surface area contributed by atoms with E-state index < -0.39 is 0 Å². The smallest absolute Gasteiger partial charge is 0.257 e. The van der Waals surface area contributed by atoms with E-state index in [0.29, 0.717) is 22.2 Å². The number of rotatable bonds is 3. The lowest BCUT2D eigenvalue weighted by atomic mass is 10.1. The van der Waals surface area contributed by atoms with Gasteiger partial charge in [0, 0.05) is 11.3 Å². The summed E-state index contributed by atoms with van der Waals surface area (Å²) in [6.07, 6.45) is 0. The van der Waals surface area contributed by atoms with Crippen molar-refractivity contribution in [2.75, 3.05) is 5.32 Å². The van der Waals surface area contributed by atoms with Gasteiger partial charge in [0.2, 0.25) is 5.89 Å². The van der Waals surface area contributed by atoms with E-state index >= 15 is 0 Å². The minimum atomic E-state index is -0.332. The zero-order valence-electron chi connectivity index (χ0n) is 16.1. The highest BCUT2D eigenvalue weighted by Crippen LogP contribution is 2.31. The molecule has 29 heavy (non-hydrogen) atoms. The van der Waals surface area contributed by atoms with Crippen LogP contribution >= 0.6 is 23.2 Å². The number of nitrogens with one attached hydrogen (secondary N) is 1. The Kier molecular flexibility index (Phi) is 5.07. The summed E-state index contributed by atoms with van der Waals surface area (Å²) in [5.74, 6) is 0.173. The highest BCUT2D eigenvalue weighted by Gasteiger charge is 2.16. The number of anilines is 1. The number of fused-ring (bicyclic) bond motifs is 1. The van der Waals surface area contributed by atoms with Gasteiger partial charge in [-0.15, -0.1) is 0 Å². The van der Waals surface area contributed by atoms with Crippen molar-refractivity contribution in [2.45, 2.75) is 20.8 Å². The Labute approximate surface area is 178 Å². The van der Waals surface area contributed by atoms with Gasteiger partial charge in [0.05, 0.1) is 15.6 Å². The van der Waals surface area contributed by atoms with Crippen LogP contribution in [0.4, 0.5) is 5.69 Å². The van der Waals surface area contributed by atoms with E-state index in [9.17, 15) is 4.79 Å². The second kappa shape index (κ2) is 7.54. The molecule has 0 saturated carbocycles. The molecule has 1 aromatic heterocycles. The van der Waals surface area contributed by atoms with E-state index in [1.54, 1.807) is 18.2 Å². The van der Waals surface area contributed by atoms with Gasteiger partial charge in [-0.25, -0.2) is 4.98 Å². The maximum Gasteiger partial charge on any atom is 0.257 e. The zero-order chi connectivity index (χ0) is 20.7. The lowest BCUT2D eigenvalue weighted by Crippen LogP contribution is -2.13. The number of aryl methyl sites for hydroxylation is 3. The van der Waals surface area contributed by atoms with Crippen LogP contribution in [0.3, 0.4) is 0 Å². The van der Waals surface area contributed by atoms with Gasteiger partial charge in [0.15, 0.2) is 5.58 Å². The Morgan fingerprint density at radius 2 is 1.79 bits per heavy atom. The van der Waals surface area contributed by atoms with Crippen LogP contribution in [0.2, 0.25) is 10.0 Å². The van der Waals surface area contributed by atoms with E-state index in [1.165, 1.54) is 0 Å². The average Bonchev–Trinajstić information content (AvgIpc) is 3.10. The molecule has 1 N–H and O–H groups in total. The van der Waals surface area contributed by atoms with Crippen molar-refractivity contribution in [3.05, 3.63) is 80.8 Å². The number of benzene rings is 3. The third-order valence-corrected chi connectivity index (χ3v) is 5.57. The van der Waals surface area contributed by atoms with Gasteiger partial charge >= 0.3 is 0 Å². The Morgan fingerprint density at radius 1 is 1.00 bits per heavy atom. The molecule has 4 rings (SSSR count). The molecule has 146 valence electrons. The van der Waals surface area contributed by atoms with Gasteiger partial charge < -0.3 is 9.73 Å². The van der Waals surface area contributed by atoms with E-state index in [2.05, 4.69) is 16.4 Å². The first-order valence-electron chi connectivity index (χ1n) is 9.07. The highest BCUT2D eigenvalue weighted by molar-refractivity contribution is 6.44. The average molecular weight is 425 g/mol. The van der Waals surface area contributed by atoms with Crippen LogP contribution in [-0.4, -0.2) is 10.9 Å². The maximum absolute atomic E-state index is 12.7.